The summed E-state index contributed by atoms with van der Waals surface area (Å²) in [5.74, 6) is -0.659. The van der Waals surface area contributed by atoms with E-state index in [1.807, 2.05) is 31.2 Å². The minimum atomic E-state index is -1.06. The molecule has 0 aliphatic rings. The van der Waals surface area contributed by atoms with Gasteiger partial charge < -0.3 is 20.5 Å². The van der Waals surface area contributed by atoms with Crippen LogP contribution in [0.1, 0.15) is 25.5 Å². The van der Waals surface area contributed by atoms with E-state index in [9.17, 15) is 9.59 Å². The summed E-state index contributed by atoms with van der Waals surface area (Å²) in [5, 5.41) is 14.5. The van der Waals surface area contributed by atoms with E-state index in [-0.39, 0.29) is 18.5 Å². The normalized spacial score (nSPS) is 13.3. The van der Waals surface area contributed by atoms with Crippen molar-refractivity contribution in [2.45, 2.75) is 25.9 Å². The Morgan fingerprint density at radius 3 is 2.35 bits per heavy atom. The fourth-order valence-electron chi connectivity index (χ4n) is 1.75. The van der Waals surface area contributed by atoms with Crippen LogP contribution in [0.3, 0.4) is 0 Å². The highest BCUT2D eigenvalue weighted by Crippen LogP contribution is 2.17. The van der Waals surface area contributed by atoms with Crippen LogP contribution >= 0.6 is 0 Å². The van der Waals surface area contributed by atoms with Crippen LogP contribution in [0.15, 0.2) is 24.3 Å². The first-order valence-electron chi connectivity index (χ1n) is 6.31. The largest absolute Gasteiger partial charge is 0.497 e. The number of hydrogen-bond acceptors (Lipinski definition) is 4. The van der Waals surface area contributed by atoms with E-state index in [2.05, 4.69) is 10.6 Å². The summed E-state index contributed by atoms with van der Waals surface area (Å²) in [6, 6.07) is 6.53. The molecule has 6 heteroatoms. The lowest BCUT2D eigenvalue weighted by Gasteiger charge is -2.19. The molecule has 0 spiro atoms. The second-order valence-electron chi connectivity index (χ2n) is 4.49. The van der Waals surface area contributed by atoms with Crippen molar-refractivity contribution >= 4 is 11.9 Å². The van der Waals surface area contributed by atoms with Crippen LogP contribution in [0.5, 0.6) is 5.75 Å². The molecule has 0 aromatic heterocycles. The quantitative estimate of drug-likeness (QED) is 0.691. The van der Waals surface area contributed by atoms with Crippen molar-refractivity contribution in [3.8, 4) is 5.75 Å². The molecule has 3 N–H and O–H groups in total. The summed E-state index contributed by atoms with van der Waals surface area (Å²) in [6.45, 7) is 3.37. The smallest absolute Gasteiger partial charge is 0.327 e. The van der Waals surface area contributed by atoms with Crippen LogP contribution in [0, 0.1) is 0 Å². The first kappa shape index (κ1) is 16.0. The lowest BCUT2D eigenvalue weighted by Crippen LogP contribution is -2.46. The SMILES string of the molecule is COc1ccc([C@@H](C)NCC(NC(C)=O)C(=O)O)cc1. The van der Waals surface area contributed by atoms with Crippen molar-refractivity contribution in [3.63, 3.8) is 0 Å². The Hall–Kier alpha value is -2.08. The molecule has 0 aliphatic heterocycles. The average molecular weight is 280 g/mol. The van der Waals surface area contributed by atoms with Gasteiger partial charge in [0.25, 0.3) is 0 Å². The van der Waals surface area contributed by atoms with Crippen molar-refractivity contribution < 1.29 is 19.4 Å². The lowest BCUT2D eigenvalue weighted by molar-refractivity contribution is -0.141. The summed E-state index contributed by atoms with van der Waals surface area (Å²) < 4.78 is 5.08. The maximum atomic E-state index is 11.0. The third-order valence-corrected chi connectivity index (χ3v) is 2.92. The van der Waals surface area contributed by atoms with Gasteiger partial charge in [0.05, 0.1) is 7.11 Å². The maximum absolute atomic E-state index is 11.0. The molecule has 2 atom stereocenters. The minimum Gasteiger partial charge on any atom is -0.497 e. The van der Waals surface area contributed by atoms with Gasteiger partial charge in [0, 0.05) is 19.5 Å². The Kier molecular flexibility index (Phi) is 5.99. The fourth-order valence-corrected chi connectivity index (χ4v) is 1.75. The molecule has 0 aliphatic carbocycles. The molecule has 1 aromatic carbocycles. The van der Waals surface area contributed by atoms with E-state index in [1.54, 1.807) is 7.11 Å². The van der Waals surface area contributed by atoms with Crippen LogP contribution in [-0.4, -0.2) is 36.7 Å². The predicted molar refractivity (Wildman–Crippen MR) is 74.7 cm³/mol. The van der Waals surface area contributed by atoms with Crippen LogP contribution in [0.25, 0.3) is 0 Å². The number of amides is 1. The molecule has 1 aromatic rings. The van der Waals surface area contributed by atoms with Crippen molar-refractivity contribution in [3.05, 3.63) is 29.8 Å². The molecule has 1 unspecified atom stereocenters. The Balaban J connectivity index is 2.57. The molecule has 110 valence electrons. The molecule has 0 heterocycles. The Morgan fingerprint density at radius 1 is 1.30 bits per heavy atom. The van der Waals surface area contributed by atoms with Crippen molar-refractivity contribution in [1.29, 1.82) is 0 Å². The summed E-state index contributed by atoms with van der Waals surface area (Å²) in [5.41, 5.74) is 1.01. The number of ether oxygens (including phenoxy) is 1. The van der Waals surface area contributed by atoms with Gasteiger partial charge in [0.1, 0.15) is 11.8 Å². The fraction of sp³-hybridized carbons (Fsp3) is 0.429. The molecule has 0 radical (unpaired) electrons. The molecular formula is C14H20N2O4. The third-order valence-electron chi connectivity index (χ3n) is 2.92. The summed E-state index contributed by atoms with van der Waals surface area (Å²) in [6.07, 6.45) is 0. The van der Waals surface area contributed by atoms with E-state index in [1.165, 1.54) is 6.92 Å². The van der Waals surface area contributed by atoms with Crippen molar-refractivity contribution in [2.24, 2.45) is 0 Å². The van der Waals surface area contributed by atoms with E-state index in [0.717, 1.165) is 11.3 Å². The average Bonchev–Trinajstić information content (AvgIpc) is 2.42. The minimum absolute atomic E-state index is 0.0310. The van der Waals surface area contributed by atoms with Gasteiger partial charge in [-0.3, -0.25) is 4.79 Å². The van der Waals surface area contributed by atoms with Gasteiger partial charge in [0.2, 0.25) is 5.91 Å². The molecule has 6 nitrogen and oxygen atoms in total. The number of aliphatic carboxylic acids is 1. The number of carboxylic acid groups (broad SMARTS) is 1. The first-order chi connectivity index (χ1) is 9.43. The number of methoxy groups -OCH3 is 1. The van der Waals surface area contributed by atoms with Gasteiger partial charge in [-0.1, -0.05) is 12.1 Å². The van der Waals surface area contributed by atoms with E-state index >= 15 is 0 Å². The summed E-state index contributed by atoms with van der Waals surface area (Å²) in [7, 11) is 1.60. The van der Waals surface area contributed by atoms with Crippen LogP contribution < -0.4 is 15.4 Å². The van der Waals surface area contributed by atoms with E-state index in [0.29, 0.717) is 0 Å². The predicted octanol–water partition coefficient (Wildman–Crippen LogP) is 0.935. The lowest BCUT2D eigenvalue weighted by atomic mass is 10.1. The van der Waals surface area contributed by atoms with Crippen LogP contribution in [0.2, 0.25) is 0 Å². The zero-order valence-corrected chi connectivity index (χ0v) is 11.8. The Bertz CT molecular complexity index is 459. The van der Waals surface area contributed by atoms with Gasteiger partial charge >= 0.3 is 5.97 Å². The number of nitrogens with one attached hydrogen (secondary N) is 2. The zero-order valence-electron chi connectivity index (χ0n) is 11.8. The topological polar surface area (TPSA) is 87.7 Å². The van der Waals surface area contributed by atoms with Gasteiger partial charge in [-0.2, -0.15) is 0 Å². The van der Waals surface area contributed by atoms with Gasteiger partial charge in [-0.05, 0) is 24.6 Å². The van der Waals surface area contributed by atoms with Gasteiger partial charge in [0.15, 0.2) is 0 Å². The monoisotopic (exact) mass is 280 g/mol. The molecule has 1 rings (SSSR count). The summed E-state index contributed by atoms with van der Waals surface area (Å²) >= 11 is 0. The number of carbonyl (C=O) groups is 2. The first-order valence-corrected chi connectivity index (χ1v) is 6.31. The Morgan fingerprint density at radius 2 is 1.90 bits per heavy atom. The van der Waals surface area contributed by atoms with Crippen LogP contribution in [-0.2, 0) is 9.59 Å². The highest BCUT2D eigenvalue weighted by atomic mass is 16.5. The van der Waals surface area contributed by atoms with Gasteiger partial charge in [-0.25, -0.2) is 4.79 Å². The van der Waals surface area contributed by atoms with Crippen molar-refractivity contribution in [1.82, 2.24) is 10.6 Å². The number of hydrogen-bond donors (Lipinski definition) is 3. The molecule has 20 heavy (non-hydrogen) atoms. The van der Waals surface area contributed by atoms with Gasteiger partial charge in [-0.15, -0.1) is 0 Å². The van der Waals surface area contributed by atoms with E-state index < -0.39 is 12.0 Å². The summed E-state index contributed by atoms with van der Waals surface area (Å²) in [4.78, 5) is 21.9. The molecule has 1 amide bonds. The number of benzene rings is 1. The van der Waals surface area contributed by atoms with E-state index in [4.69, 9.17) is 9.84 Å². The maximum Gasteiger partial charge on any atom is 0.327 e. The highest BCUT2D eigenvalue weighted by Gasteiger charge is 2.19. The standard InChI is InChI=1S/C14H20N2O4/c1-9(11-4-6-12(20-3)7-5-11)15-8-13(14(18)19)16-10(2)17/h4-7,9,13,15H,8H2,1-3H3,(H,16,17)(H,18,19)/t9-,13?/m1/s1. The van der Waals surface area contributed by atoms with Crippen LogP contribution in [0.4, 0.5) is 0 Å². The highest BCUT2D eigenvalue weighted by molar-refractivity contribution is 5.82. The molecular weight excluding hydrogens is 260 g/mol. The Labute approximate surface area is 118 Å². The second kappa shape index (κ2) is 7.49. The zero-order chi connectivity index (χ0) is 15.1. The number of carbonyl (C=O) groups excluding carboxylic acids is 1. The molecule has 0 bridgehead atoms. The third kappa shape index (κ3) is 4.89. The molecule has 0 fully saturated rings. The number of rotatable bonds is 7. The number of carboxylic acids is 1. The second-order valence-corrected chi connectivity index (χ2v) is 4.49. The molecule has 0 saturated carbocycles. The van der Waals surface area contributed by atoms with Crippen molar-refractivity contribution in [2.75, 3.05) is 13.7 Å². The molecule has 0 saturated heterocycles.